The number of carbonyl (C=O) groups excluding carboxylic acids is 1. The number of nitrogens with one attached hydrogen (secondary N) is 1. The maximum absolute atomic E-state index is 12.4. The number of rotatable bonds is 3. The van der Waals surface area contributed by atoms with Crippen molar-refractivity contribution in [1.82, 2.24) is 10.2 Å². The lowest BCUT2D eigenvalue weighted by atomic mass is 9.94. The lowest BCUT2D eigenvalue weighted by Gasteiger charge is -2.40. The number of likely N-dealkylation sites (tertiary alicyclic amines) is 1. The van der Waals surface area contributed by atoms with Crippen LogP contribution < -0.4 is 5.32 Å². The zero-order chi connectivity index (χ0) is 14.8. The Morgan fingerprint density at radius 1 is 1.20 bits per heavy atom. The quantitative estimate of drug-likeness (QED) is 0.825. The van der Waals surface area contributed by atoms with Gasteiger partial charge in [0.25, 0.3) is 0 Å². The molecule has 1 saturated heterocycles. The molecule has 0 spiro atoms. The van der Waals surface area contributed by atoms with E-state index in [-0.39, 0.29) is 11.6 Å². The minimum atomic E-state index is -1.07. The number of methoxy groups -OCH3 is 1. The monoisotopic (exact) mass is 284 g/mol. The number of piperidine rings is 1. The Hall–Kier alpha value is -1.30. The second-order valence-corrected chi connectivity index (χ2v) is 6.20. The van der Waals surface area contributed by atoms with Crippen LogP contribution in [0.25, 0.3) is 0 Å². The Morgan fingerprint density at radius 2 is 1.85 bits per heavy atom. The number of carboxylic acids is 1. The van der Waals surface area contributed by atoms with Crippen LogP contribution >= 0.6 is 0 Å². The fourth-order valence-corrected chi connectivity index (χ4v) is 3.20. The van der Waals surface area contributed by atoms with Gasteiger partial charge < -0.3 is 20.1 Å². The molecule has 0 aromatic rings. The van der Waals surface area contributed by atoms with Crippen molar-refractivity contribution in [2.24, 2.45) is 0 Å². The molecule has 1 heterocycles. The van der Waals surface area contributed by atoms with Crippen molar-refractivity contribution >= 4 is 12.0 Å². The van der Waals surface area contributed by atoms with Crippen LogP contribution in [0.3, 0.4) is 0 Å². The summed E-state index contributed by atoms with van der Waals surface area (Å²) in [7, 11) is 1.65. The average molecular weight is 284 g/mol. The molecule has 20 heavy (non-hydrogen) atoms. The van der Waals surface area contributed by atoms with Gasteiger partial charge in [0.05, 0.1) is 12.1 Å². The molecule has 1 atom stereocenters. The van der Waals surface area contributed by atoms with E-state index >= 15 is 0 Å². The molecule has 0 radical (unpaired) electrons. The smallest absolute Gasteiger partial charge is 0.329 e. The molecule has 0 aromatic heterocycles. The van der Waals surface area contributed by atoms with E-state index in [0.29, 0.717) is 25.9 Å². The van der Waals surface area contributed by atoms with Crippen LogP contribution in [0.4, 0.5) is 4.79 Å². The highest BCUT2D eigenvalue weighted by molar-refractivity contribution is 5.86. The largest absolute Gasteiger partial charge is 0.480 e. The molecule has 2 N–H and O–H groups in total. The minimum absolute atomic E-state index is 0.280. The number of urea groups is 1. The summed E-state index contributed by atoms with van der Waals surface area (Å²) in [6, 6.07) is -0.280. The predicted molar refractivity (Wildman–Crippen MR) is 73.6 cm³/mol. The van der Waals surface area contributed by atoms with Crippen LogP contribution in [0.5, 0.6) is 0 Å². The second kappa shape index (κ2) is 5.60. The van der Waals surface area contributed by atoms with E-state index in [1.54, 1.807) is 12.0 Å². The lowest BCUT2D eigenvalue weighted by molar-refractivity contribution is -0.144. The fourth-order valence-electron chi connectivity index (χ4n) is 3.20. The van der Waals surface area contributed by atoms with Gasteiger partial charge in [0.1, 0.15) is 5.54 Å². The van der Waals surface area contributed by atoms with Crippen molar-refractivity contribution < 1.29 is 19.4 Å². The number of amides is 2. The standard InChI is InChI=1S/C14H24N2O4/c1-13(20-2)6-5-9-16(10-13)12(19)15-14(11(17)18)7-3-4-8-14/h3-10H2,1-2H3,(H,15,19)(H,17,18). The van der Waals surface area contributed by atoms with Crippen molar-refractivity contribution in [2.75, 3.05) is 20.2 Å². The summed E-state index contributed by atoms with van der Waals surface area (Å²) in [6.07, 6.45) is 4.52. The molecule has 0 bridgehead atoms. The van der Waals surface area contributed by atoms with E-state index in [1.807, 2.05) is 6.92 Å². The molecule has 1 unspecified atom stereocenters. The summed E-state index contributed by atoms with van der Waals surface area (Å²) in [4.78, 5) is 25.5. The highest BCUT2D eigenvalue weighted by Crippen LogP contribution is 2.31. The number of carbonyl (C=O) groups is 2. The molecule has 2 fully saturated rings. The molecule has 114 valence electrons. The summed E-state index contributed by atoms with van der Waals surface area (Å²) in [5, 5.41) is 12.2. The first kappa shape index (κ1) is 15.1. The number of aliphatic carboxylic acids is 1. The summed E-state index contributed by atoms with van der Waals surface area (Å²) in [5.74, 6) is -0.921. The molecular formula is C14H24N2O4. The lowest BCUT2D eigenvalue weighted by Crippen LogP contribution is -2.59. The molecule has 6 heteroatoms. The van der Waals surface area contributed by atoms with Gasteiger partial charge in [-0.3, -0.25) is 0 Å². The van der Waals surface area contributed by atoms with Crippen LogP contribution in [0.2, 0.25) is 0 Å². The molecule has 0 aromatic carbocycles. The third-order valence-corrected chi connectivity index (χ3v) is 4.65. The van der Waals surface area contributed by atoms with Crippen LogP contribution in [0.15, 0.2) is 0 Å². The Labute approximate surface area is 119 Å². The highest BCUT2D eigenvalue weighted by atomic mass is 16.5. The summed E-state index contributed by atoms with van der Waals surface area (Å²) in [5.41, 5.74) is -1.40. The van der Waals surface area contributed by atoms with Crippen molar-refractivity contribution in [3.63, 3.8) is 0 Å². The van der Waals surface area contributed by atoms with Gasteiger partial charge in [-0.05, 0) is 32.6 Å². The zero-order valence-electron chi connectivity index (χ0n) is 12.3. The third-order valence-electron chi connectivity index (χ3n) is 4.65. The summed E-state index contributed by atoms with van der Waals surface area (Å²) >= 11 is 0. The van der Waals surface area contributed by atoms with Crippen LogP contribution in [-0.2, 0) is 9.53 Å². The highest BCUT2D eigenvalue weighted by Gasteiger charge is 2.44. The van der Waals surface area contributed by atoms with Crippen molar-refractivity contribution in [3.05, 3.63) is 0 Å². The zero-order valence-corrected chi connectivity index (χ0v) is 12.3. The van der Waals surface area contributed by atoms with Gasteiger partial charge in [0.15, 0.2) is 0 Å². The fraction of sp³-hybridized carbons (Fsp3) is 0.857. The molecule has 2 aliphatic rings. The van der Waals surface area contributed by atoms with E-state index in [9.17, 15) is 14.7 Å². The molecular weight excluding hydrogens is 260 g/mol. The SMILES string of the molecule is COC1(C)CCCN(C(=O)NC2(C(=O)O)CCCC2)C1. The number of hydrogen-bond donors (Lipinski definition) is 2. The van der Waals surface area contributed by atoms with E-state index in [4.69, 9.17) is 4.74 Å². The van der Waals surface area contributed by atoms with Crippen LogP contribution in [-0.4, -0.2) is 53.3 Å². The van der Waals surface area contributed by atoms with Gasteiger partial charge in [-0.15, -0.1) is 0 Å². The maximum atomic E-state index is 12.4. The predicted octanol–water partition coefficient (Wildman–Crippen LogP) is 1.59. The minimum Gasteiger partial charge on any atom is -0.480 e. The molecule has 2 rings (SSSR count). The normalized spacial score (nSPS) is 29.2. The average Bonchev–Trinajstić information content (AvgIpc) is 2.89. The maximum Gasteiger partial charge on any atom is 0.329 e. The first-order valence-corrected chi connectivity index (χ1v) is 7.26. The number of hydrogen-bond acceptors (Lipinski definition) is 3. The second-order valence-electron chi connectivity index (χ2n) is 6.20. The van der Waals surface area contributed by atoms with Gasteiger partial charge >= 0.3 is 12.0 Å². The van der Waals surface area contributed by atoms with Crippen molar-refractivity contribution in [1.29, 1.82) is 0 Å². The molecule has 1 saturated carbocycles. The molecule has 6 nitrogen and oxygen atoms in total. The number of ether oxygens (including phenoxy) is 1. The first-order chi connectivity index (χ1) is 9.41. The Morgan fingerprint density at radius 3 is 2.40 bits per heavy atom. The van der Waals surface area contributed by atoms with Crippen LogP contribution in [0.1, 0.15) is 45.4 Å². The van der Waals surface area contributed by atoms with Crippen molar-refractivity contribution in [3.8, 4) is 0 Å². The van der Waals surface area contributed by atoms with Crippen LogP contribution in [0, 0.1) is 0 Å². The van der Waals surface area contributed by atoms with Gasteiger partial charge in [0.2, 0.25) is 0 Å². The van der Waals surface area contributed by atoms with Gasteiger partial charge in [-0.1, -0.05) is 12.8 Å². The van der Waals surface area contributed by atoms with Gasteiger partial charge in [0, 0.05) is 13.7 Å². The van der Waals surface area contributed by atoms with Crippen molar-refractivity contribution in [2.45, 2.75) is 56.6 Å². The van der Waals surface area contributed by atoms with E-state index in [2.05, 4.69) is 5.32 Å². The third kappa shape index (κ3) is 2.90. The molecule has 1 aliphatic carbocycles. The number of carboxylic acid groups (broad SMARTS) is 1. The van der Waals surface area contributed by atoms with E-state index < -0.39 is 11.5 Å². The first-order valence-electron chi connectivity index (χ1n) is 7.26. The van der Waals surface area contributed by atoms with Gasteiger partial charge in [-0.25, -0.2) is 9.59 Å². The topological polar surface area (TPSA) is 78.9 Å². The molecule has 1 aliphatic heterocycles. The summed E-state index contributed by atoms with van der Waals surface area (Å²) < 4.78 is 5.46. The Bertz CT molecular complexity index is 393. The van der Waals surface area contributed by atoms with E-state index in [1.165, 1.54) is 0 Å². The van der Waals surface area contributed by atoms with E-state index in [0.717, 1.165) is 25.7 Å². The number of nitrogens with zero attached hydrogens (tertiary/aromatic N) is 1. The van der Waals surface area contributed by atoms with Gasteiger partial charge in [-0.2, -0.15) is 0 Å². The Balaban J connectivity index is 2.02. The Kier molecular flexibility index (Phi) is 4.22. The molecule has 2 amide bonds. The summed E-state index contributed by atoms with van der Waals surface area (Å²) in [6.45, 7) is 3.14.